The molecule has 0 saturated carbocycles. The van der Waals surface area contributed by atoms with Crippen LogP contribution in [-0.4, -0.2) is 44.0 Å². The second kappa shape index (κ2) is 5.08. The normalized spacial score (nSPS) is 12.6. The van der Waals surface area contributed by atoms with Crippen LogP contribution in [0.5, 0.6) is 5.75 Å². The van der Waals surface area contributed by atoms with E-state index in [1.54, 1.807) is 20.2 Å². The Kier molecular flexibility index (Phi) is 3.50. The van der Waals surface area contributed by atoms with Gasteiger partial charge in [0.05, 0.1) is 13.2 Å². The Balaban J connectivity index is 2.11. The van der Waals surface area contributed by atoms with E-state index in [0.717, 1.165) is 17.7 Å². The number of nitrogens with zero attached hydrogens (tertiary/aromatic N) is 1. The van der Waals surface area contributed by atoms with Gasteiger partial charge in [-0.25, -0.2) is 0 Å². The molecular weight excluding hydrogens is 232 g/mol. The number of benzene rings is 1. The molecule has 0 bridgehead atoms. The average Bonchev–Trinajstić information content (AvgIpc) is 2.84. The van der Waals surface area contributed by atoms with Gasteiger partial charge in [0.2, 0.25) is 5.91 Å². The Morgan fingerprint density at radius 3 is 2.94 bits per heavy atom. The SMILES string of the molecule is CNC(=O)CN(C)C(=O)c1ccc2c(c1)CCO2. The highest BCUT2D eigenvalue weighted by Crippen LogP contribution is 2.26. The van der Waals surface area contributed by atoms with Crippen LogP contribution in [0.4, 0.5) is 0 Å². The van der Waals surface area contributed by atoms with E-state index in [-0.39, 0.29) is 18.4 Å². The maximum Gasteiger partial charge on any atom is 0.254 e. The molecule has 96 valence electrons. The van der Waals surface area contributed by atoms with E-state index in [1.807, 2.05) is 12.1 Å². The van der Waals surface area contributed by atoms with Crippen molar-refractivity contribution in [3.8, 4) is 5.75 Å². The fourth-order valence-electron chi connectivity index (χ4n) is 1.91. The van der Waals surface area contributed by atoms with E-state index in [0.29, 0.717) is 12.2 Å². The molecule has 1 heterocycles. The molecule has 0 radical (unpaired) electrons. The zero-order valence-electron chi connectivity index (χ0n) is 10.5. The number of hydrogen-bond donors (Lipinski definition) is 1. The van der Waals surface area contributed by atoms with Crippen LogP contribution >= 0.6 is 0 Å². The van der Waals surface area contributed by atoms with Crippen LogP contribution in [0, 0.1) is 0 Å². The van der Waals surface area contributed by atoms with Crippen molar-refractivity contribution >= 4 is 11.8 Å². The first kappa shape index (κ1) is 12.4. The number of nitrogens with one attached hydrogen (secondary N) is 1. The van der Waals surface area contributed by atoms with Gasteiger partial charge >= 0.3 is 0 Å². The lowest BCUT2D eigenvalue weighted by atomic mass is 10.1. The fraction of sp³-hybridized carbons (Fsp3) is 0.385. The van der Waals surface area contributed by atoms with Gasteiger partial charge < -0.3 is 15.0 Å². The molecule has 18 heavy (non-hydrogen) atoms. The van der Waals surface area contributed by atoms with Crippen LogP contribution < -0.4 is 10.1 Å². The predicted octanol–water partition coefficient (Wildman–Crippen LogP) is 0.439. The number of hydrogen-bond acceptors (Lipinski definition) is 3. The molecule has 0 aromatic heterocycles. The van der Waals surface area contributed by atoms with Gasteiger partial charge in [-0.3, -0.25) is 9.59 Å². The predicted molar refractivity (Wildman–Crippen MR) is 66.7 cm³/mol. The van der Waals surface area contributed by atoms with Gasteiger partial charge in [0.25, 0.3) is 5.91 Å². The maximum absolute atomic E-state index is 12.1. The third kappa shape index (κ3) is 2.45. The molecule has 5 nitrogen and oxygen atoms in total. The Bertz CT molecular complexity index is 485. The lowest BCUT2D eigenvalue weighted by molar-refractivity contribution is -0.121. The van der Waals surface area contributed by atoms with Gasteiger partial charge in [-0.15, -0.1) is 0 Å². The summed E-state index contributed by atoms with van der Waals surface area (Å²) in [7, 11) is 3.16. The first-order chi connectivity index (χ1) is 8.61. The van der Waals surface area contributed by atoms with Crippen molar-refractivity contribution < 1.29 is 14.3 Å². The molecule has 0 saturated heterocycles. The van der Waals surface area contributed by atoms with E-state index in [2.05, 4.69) is 5.32 Å². The first-order valence-electron chi connectivity index (χ1n) is 5.83. The summed E-state index contributed by atoms with van der Waals surface area (Å²) in [6.45, 7) is 0.726. The number of fused-ring (bicyclic) bond motifs is 1. The molecule has 0 spiro atoms. The molecular formula is C13H16N2O3. The molecule has 1 aliphatic heterocycles. The molecule has 0 fully saturated rings. The lowest BCUT2D eigenvalue weighted by Gasteiger charge is -2.16. The van der Waals surface area contributed by atoms with Crippen molar-refractivity contribution in [2.24, 2.45) is 0 Å². The van der Waals surface area contributed by atoms with Crippen molar-refractivity contribution in [1.29, 1.82) is 0 Å². The number of likely N-dealkylation sites (N-methyl/N-ethyl adjacent to an activating group) is 2. The summed E-state index contributed by atoms with van der Waals surface area (Å²) in [6.07, 6.45) is 0.829. The van der Waals surface area contributed by atoms with Crippen molar-refractivity contribution in [1.82, 2.24) is 10.2 Å². The molecule has 1 aromatic carbocycles. The number of carbonyl (C=O) groups is 2. The summed E-state index contributed by atoms with van der Waals surface area (Å²) >= 11 is 0. The van der Waals surface area contributed by atoms with Crippen LogP contribution in [0.1, 0.15) is 15.9 Å². The smallest absolute Gasteiger partial charge is 0.254 e. The van der Waals surface area contributed by atoms with Gasteiger partial charge in [0, 0.05) is 26.1 Å². The minimum Gasteiger partial charge on any atom is -0.493 e. The van der Waals surface area contributed by atoms with Gasteiger partial charge in [-0.1, -0.05) is 0 Å². The van der Waals surface area contributed by atoms with Crippen LogP contribution in [0.15, 0.2) is 18.2 Å². The molecule has 1 N–H and O–H groups in total. The second-order valence-corrected chi connectivity index (χ2v) is 4.26. The average molecular weight is 248 g/mol. The zero-order valence-corrected chi connectivity index (χ0v) is 10.5. The lowest BCUT2D eigenvalue weighted by Crippen LogP contribution is -2.36. The topological polar surface area (TPSA) is 58.6 Å². The second-order valence-electron chi connectivity index (χ2n) is 4.26. The third-order valence-electron chi connectivity index (χ3n) is 2.94. The number of amides is 2. The molecule has 2 rings (SSSR count). The number of rotatable bonds is 3. The van der Waals surface area contributed by atoms with Gasteiger partial charge in [0.1, 0.15) is 5.75 Å². The van der Waals surface area contributed by atoms with E-state index in [1.165, 1.54) is 4.90 Å². The summed E-state index contributed by atoms with van der Waals surface area (Å²) in [4.78, 5) is 24.7. The van der Waals surface area contributed by atoms with Crippen LogP contribution in [-0.2, 0) is 11.2 Å². The molecule has 0 aliphatic carbocycles. The van der Waals surface area contributed by atoms with E-state index < -0.39 is 0 Å². The molecule has 1 aliphatic rings. The quantitative estimate of drug-likeness (QED) is 0.844. The molecule has 0 atom stereocenters. The summed E-state index contributed by atoms with van der Waals surface area (Å²) in [5.41, 5.74) is 1.64. The van der Waals surface area contributed by atoms with E-state index >= 15 is 0 Å². The van der Waals surface area contributed by atoms with E-state index in [4.69, 9.17) is 4.74 Å². The standard InChI is InChI=1S/C13H16N2O3/c1-14-12(16)8-15(2)13(17)10-3-4-11-9(7-10)5-6-18-11/h3-4,7H,5-6,8H2,1-2H3,(H,14,16). The summed E-state index contributed by atoms with van der Waals surface area (Å²) < 4.78 is 5.39. The zero-order chi connectivity index (χ0) is 13.1. The summed E-state index contributed by atoms with van der Waals surface area (Å²) in [6, 6.07) is 5.38. The van der Waals surface area contributed by atoms with Crippen molar-refractivity contribution in [2.45, 2.75) is 6.42 Å². The Hall–Kier alpha value is -2.04. The minimum atomic E-state index is -0.185. The Labute approximate surface area is 106 Å². The number of carbonyl (C=O) groups excluding carboxylic acids is 2. The Morgan fingerprint density at radius 1 is 1.44 bits per heavy atom. The van der Waals surface area contributed by atoms with Crippen molar-refractivity contribution in [2.75, 3.05) is 27.2 Å². The molecule has 0 unspecified atom stereocenters. The monoisotopic (exact) mass is 248 g/mol. The highest BCUT2D eigenvalue weighted by atomic mass is 16.5. The summed E-state index contributed by atoms with van der Waals surface area (Å²) in [5.74, 6) is 0.504. The first-order valence-corrected chi connectivity index (χ1v) is 5.83. The van der Waals surface area contributed by atoms with Crippen molar-refractivity contribution in [3.63, 3.8) is 0 Å². The van der Waals surface area contributed by atoms with Crippen LogP contribution in [0.2, 0.25) is 0 Å². The largest absolute Gasteiger partial charge is 0.493 e. The fourth-order valence-corrected chi connectivity index (χ4v) is 1.91. The highest BCUT2D eigenvalue weighted by molar-refractivity contribution is 5.96. The summed E-state index contributed by atoms with van der Waals surface area (Å²) in [5, 5.41) is 2.49. The third-order valence-corrected chi connectivity index (χ3v) is 2.94. The molecule has 1 aromatic rings. The van der Waals surface area contributed by atoms with Gasteiger partial charge in [0.15, 0.2) is 0 Å². The molecule has 2 amide bonds. The maximum atomic E-state index is 12.1. The number of ether oxygens (including phenoxy) is 1. The minimum absolute atomic E-state index is 0.0585. The highest BCUT2D eigenvalue weighted by Gasteiger charge is 2.18. The van der Waals surface area contributed by atoms with Gasteiger partial charge in [-0.05, 0) is 23.8 Å². The Morgan fingerprint density at radius 2 is 2.22 bits per heavy atom. The van der Waals surface area contributed by atoms with Crippen LogP contribution in [0.3, 0.4) is 0 Å². The molecule has 5 heteroatoms. The van der Waals surface area contributed by atoms with E-state index in [9.17, 15) is 9.59 Å². The van der Waals surface area contributed by atoms with Gasteiger partial charge in [-0.2, -0.15) is 0 Å². The van der Waals surface area contributed by atoms with Crippen molar-refractivity contribution in [3.05, 3.63) is 29.3 Å². The van der Waals surface area contributed by atoms with Crippen LogP contribution in [0.25, 0.3) is 0 Å².